The summed E-state index contributed by atoms with van der Waals surface area (Å²) in [5.41, 5.74) is -6.29. The third kappa shape index (κ3) is 2.80. The van der Waals surface area contributed by atoms with Crippen molar-refractivity contribution in [1.82, 2.24) is 0 Å². The lowest BCUT2D eigenvalue weighted by atomic mass is 9.34. The van der Waals surface area contributed by atoms with E-state index in [2.05, 4.69) is 6.58 Å². The van der Waals surface area contributed by atoms with Crippen molar-refractivity contribution in [3.05, 3.63) is 12.2 Å². The van der Waals surface area contributed by atoms with E-state index < -0.39 is 74.6 Å². The molecule has 3 saturated carbocycles. The minimum absolute atomic E-state index is 0.00158. The molecule has 1 N–H and O–H groups in total. The molecular weight excluding hydrogens is 452 g/mol. The number of cyclic esters (lactones) is 1. The maximum Gasteiger partial charge on any atom is 0.358 e. The predicted octanol–water partition coefficient (Wildman–Crippen LogP) is 2.59. The lowest BCUT2D eigenvalue weighted by molar-refractivity contribution is -0.237. The molecule has 3 aliphatic carbocycles. The first-order valence-corrected chi connectivity index (χ1v) is 12.3. The summed E-state index contributed by atoms with van der Waals surface area (Å²) in [6.45, 7) is 15.7. The maximum atomic E-state index is 13.9. The average molecular weight is 489 g/mol. The standard InChI is InChI=1S/C27H36O8/c1-9-34-22(33)27(8)21(32)25(6)13(2)12-14-24(5)11-10-15(28)23(3,4)17(24)16(29)19(30)26(14,7)18(25)20(31)35-27/h14,17-19,30H,2,9-12H2,1,3-8H3. The predicted molar refractivity (Wildman–Crippen MR) is 124 cm³/mol. The minimum Gasteiger partial charge on any atom is -0.463 e. The van der Waals surface area contributed by atoms with Crippen molar-refractivity contribution >= 4 is 29.3 Å². The molecule has 8 nitrogen and oxygen atoms in total. The summed E-state index contributed by atoms with van der Waals surface area (Å²) in [5, 5.41) is 11.6. The van der Waals surface area contributed by atoms with Gasteiger partial charge in [0.15, 0.2) is 11.6 Å². The van der Waals surface area contributed by atoms with Gasteiger partial charge in [-0.25, -0.2) is 4.79 Å². The summed E-state index contributed by atoms with van der Waals surface area (Å²) < 4.78 is 10.6. The SMILES string of the molecule is C=C1CC2C3(C)CCC(=O)C(C)(C)C3C(=O)C(O)C2(C)C2C(=O)OC(C)(C(=O)OCC)C(=O)C12C. The first kappa shape index (κ1) is 25.7. The first-order valence-electron chi connectivity index (χ1n) is 12.3. The monoisotopic (exact) mass is 488 g/mol. The molecule has 35 heavy (non-hydrogen) atoms. The van der Waals surface area contributed by atoms with Gasteiger partial charge in [0.05, 0.1) is 17.9 Å². The topological polar surface area (TPSA) is 124 Å². The van der Waals surface area contributed by atoms with E-state index in [9.17, 15) is 29.1 Å². The second-order valence-corrected chi connectivity index (χ2v) is 12.3. The molecule has 8 unspecified atom stereocenters. The Kier molecular flexibility index (Phi) is 5.40. The van der Waals surface area contributed by atoms with Crippen molar-refractivity contribution in [2.75, 3.05) is 6.61 Å². The number of aliphatic hydroxyl groups is 1. The number of hydrogen-bond donors (Lipinski definition) is 1. The molecule has 0 bridgehead atoms. The molecule has 0 amide bonds. The van der Waals surface area contributed by atoms with Crippen LogP contribution in [0, 0.1) is 39.4 Å². The Balaban J connectivity index is 1.90. The van der Waals surface area contributed by atoms with Crippen LogP contribution in [0.2, 0.25) is 0 Å². The van der Waals surface area contributed by atoms with Crippen molar-refractivity contribution in [2.45, 2.75) is 79.4 Å². The van der Waals surface area contributed by atoms with Crippen LogP contribution in [0.4, 0.5) is 0 Å². The molecule has 1 saturated heterocycles. The van der Waals surface area contributed by atoms with E-state index in [0.29, 0.717) is 12.0 Å². The molecule has 0 aromatic rings. The Hall–Kier alpha value is -2.35. The zero-order chi connectivity index (χ0) is 26.5. The van der Waals surface area contributed by atoms with Gasteiger partial charge < -0.3 is 14.6 Å². The molecule has 0 aromatic carbocycles. The van der Waals surface area contributed by atoms with E-state index >= 15 is 0 Å². The number of Topliss-reactive ketones (excluding diaryl/α,β-unsaturated/α-hetero) is 3. The maximum absolute atomic E-state index is 13.9. The van der Waals surface area contributed by atoms with Crippen molar-refractivity contribution in [3.8, 4) is 0 Å². The lowest BCUT2D eigenvalue weighted by Gasteiger charge is -2.68. The van der Waals surface area contributed by atoms with Crippen LogP contribution in [0.5, 0.6) is 0 Å². The molecule has 0 radical (unpaired) electrons. The van der Waals surface area contributed by atoms with E-state index in [1.165, 1.54) is 6.92 Å². The average Bonchev–Trinajstić information content (AvgIpc) is 2.76. The Morgan fingerprint density at radius 1 is 1.09 bits per heavy atom. The highest BCUT2D eigenvalue weighted by molar-refractivity contribution is 6.15. The first-order chi connectivity index (χ1) is 16.0. The van der Waals surface area contributed by atoms with Crippen LogP contribution in [0.3, 0.4) is 0 Å². The fraction of sp³-hybridized carbons (Fsp3) is 0.741. The quantitative estimate of drug-likeness (QED) is 0.357. The molecule has 192 valence electrons. The second-order valence-electron chi connectivity index (χ2n) is 12.3. The van der Waals surface area contributed by atoms with Gasteiger partial charge in [0.2, 0.25) is 0 Å². The van der Waals surface area contributed by atoms with Crippen LogP contribution in [0.25, 0.3) is 0 Å². The van der Waals surface area contributed by atoms with Crippen molar-refractivity contribution in [3.63, 3.8) is 0 Å². The van der Waals surface area contributed by atoms with Gasteiger partial charge in [-0.2, -0.15) is 0 Å². The van der Waals surface area contributed by atoms with Crippen LogP contribution in [-0.4, -0.2) is 52.7 Å². The number of carbonyl (C=O) groups excluding carboxylic acids is 5. The van der Waals surface area contributed by atoms with E-state index in [1.807, 2.05) is 6.92 Å². The smallest absolute Gasteiger partial charge is 0.358 e. The Labute approximate surface area is 205 Å². The Morgan fingerprint density at radius 2 is 1.69 bits per heavy atom. The highest BCUT2D eigenvalue weighted by Gasteiger charge is 2.77. The van der Waals surface area contributed by atoms with Gasteiger partial charge in [0, 0.05) is 23.2 Å². The van der Waals surface area contributed by atoms with E-state index in [4.69, 9.17) is 9.47 Å². The van der Waals surface area contributed by atoms with Gasteiger partial charge in [-0.15, -0.1) is 0 Å². The number of aliphatic hydroxyl groups excluding tert-OH is 1. The zero-order valence-electron chi connectivity index (χ0n) is 21.6. The summed E-state index contributed by atoms with van der Waals surface area (Å²) in [6.07, 6.45) is -0.614. The van der Waals surface area contributed by atoms with Crippen LogP contribution >= 0.6 is 0 Å². The lowest BCUT2D eigenvalue weighted by Crippen LogP contribution is -2.76. The molecule has 1 heterocycles. The van der Waals surface area contributed by atoms with Crippen molar-refractivity contribution in [2.24, 2.45) is 39.4 Å². The summed E-state index contributed by atoms with van der Waals surface area (Å²) in [5.74, 6) is -5.36. The van der Waals surface area contributed by atoms with Gasteiger partial charge in [-0.3, -0.25) is 19.2 Å². The van der Waals surface area contributed by atoms with Crippen LogP contribution in [0.15, 0.2) is 12.2 Å². The molecule has 8 atom stereocenters. The Bertz CT molecular complexity index is 1070. The fourth-order valence-electron chi connectivity index (χ4n) is 8.34. The van der Waals surface area contributed by atoms with Crippen LogP contribution < -0.4 is 0 Å². The molecular formula is C27H36O8. The van der Waals surface area contributed by atoms with Crippen LogP contribution in [0.1, 0.15) is 67.7 Å². The van der Waals surface area contributed by atoms with Crippen molar-refractivity contribution in [1.29, 1.82) is 0 Å². The number of ketones is 3. The van der Waals surface area contributed by atoms with Gasteiger partial charge in [-0.05, 0) is 44.9 Å². The molecule has 4 fully saturated rings. The highest BCUT2D eigenvalue weighted by Crippen LogP contribution is 2.71. The molecule has 1 aliphatic heterocycles. The Morgan fingerprint density at radius 3 is 2.26 bits per heavy atom. The molecule has 8 heteroatoms. The largest absolute Gasteiger partial charge is 0.463 e. The summed E-state index contributed by atoms with van der Waals surface area (Å²) in [4.78, 5) is 67.0. The van der Waals surface area contributed by atoms with Gasteiger partial charge >= 0.3 is 11.9 Å². The number of allylic oxidation sites excluding steroid dienone is 1. The van der Waals surface area contributed by atoms with E-state index in [-0.39, 0.29) is 25.2 Å². The number of fused-ring (bicyclic) bond motifs is 5. The van der Waals surface area contributed by atoms with Gasteiger partial charge in [0.1, 0.15) is 11.9 Å². The number of ether oxygens (including phenoxy) is 2. The summed E-state index contributed by atoms with van der Waals surface area (Å²) in [7, 11) is 0. The number of hydrogen-bond acceptors (Lipinski definition) is 8. The number of esters is 2. The molecule has 4 aliphatic rings. The van der Waals surface area contributed by atoms with E-state index in [0.717, 1.165) is 0 Å². The molecule has 0 spiro atoms. The summed E-state index contributed by atoms with van der Waals surface area (Å²) in [6, 6.07) is 0. The zero-order valence-corrected chi connectivity index (χ0v) is 21.6. The molecule has 0 aromatic heterocycles. The van der Waals surface area contributed by atoms with Crippen LogP contribution in [-0.2, 0) is 33.4 Å². The number of carbonyl (C=O) groups is 5. The third-order valence-electron chi connectivity index (χ3n) is 10.2. The second kappa shape index (κ2) is 7.34. The normalized spacial score (nSPS) is 46.8. The fourth-order valence-corrected chi connectivity index (χ4v) is 8.34. The van der Waals surface area contributed by atoms with E-state index in [1.54, 1.807) is 34.6 Å². The minimum atomic E-state index is -2.15. The van der Waals surface area contributed by atoms with Gasteiger partial charge in [-0.1, -0.05) is 39.8 Å². The van der Waals surface area contributed by atoms with Crippen molar-refractivity contribution < 1.29 is 38.6 Å². The number of rotatable bonds is 2. The summed E-state index contributed by atoms with van der Waals surface area (Å²) >= 11 is 0. The highest BCUT2D eigenvalue weighted by atomic mass is 16.6. The van der Waals surface area contributed by atoms with Gasteiger partial charge in [0.25, 0.3) is 5.60 Å². The third-order valence-corrected chi connectivity index (χ3v) is 10.2. The molecule has 4 rings (SSSR count).